The molecule has 2 heterocycles. The number of halogens is 1. The lowest BCUT2D eigenvalue weighted by atomic mass is 10.1. The fourth-order valence-electron chi connectivity index (χ4n) is 2.68. The summed E-state index contributed by atoms with van der Waals surface area (Å²) in [6, 6.07) is 10.3. The first-order chi connectivity index (χ1) is 9.74. The lowest BCUT2D eigenvalue weighted by Crippen LogP contribution is -2.43. The highest BCUT2D eigenvalue weighted by molar-refractivity contribution is 9.10. The van der Waals surface area contributed by atoms with Gasteiger partial charge in [0.15, 0.2) is 0 Å². The Labute approximate surface area is 129 Å². The molecule has 2 aromatic rings. The van der Waals surface area contributed by atoms with Crippen molar-refractivity contribution in [3.8, 4) is 0 Å². The molecule has 0 radical (unpaired) electrons. The van der Waals surface area contributed by atoms with Gasteiger partial charge in [0.1, 0.15) is 6.17 Å². The van der Waals surface area contributed by atoms with Gasteiger partial charge in [-0.15, -0.1) is 11.3 Å². The van der Waals surface area contributed by atoms with Crippen LogP contribution in [0.4, 0.5) is 5.69 Å². The van der Waals surface area contributed by atoms with Crippen LogP contribution in [0.5, 0.6) is 0 Å². The topological polar surface area (TPSA) is 32.3 Å². The lowest BCUT2D eigenvalue weighted by molar-refractivity contribution is 0.0669. The summed E-state index contributed by atoms with van der Waals surface area (Å²) in [5.41, 5.74) is 1.72. The fourth-order valence-corrected chi connectivity index (χ4v) is 4.17. The number of fused-ring (bicyclic) bond motifs is 1. The van der Waals surface area contributed by atoms with Crippen molar-refractivity contribution >= 4 is 38.9 Å². The van der Waals surface area contributed by atoms with Gasteiger partial charge in [0.05, 0.1) is 5.56 Å². The van der Waals surface area contributed by atoms with Crippen LogP contribution in [0.15, 0.2) is 40.2 Å². The highest BCUT2D eigenvalue weighted by atomic mass is 79.9. The molecule has 0 spiro atoms. The largest absolute Gasteiger partial charge is 0.360 e. The first kappa shape index (κ1) is 12.4. The number of benzene rings is 1. The molecule has 1 amide bonds. The number of hydrogen-bond acceptors (Lipinski definition) is 3. The van der Waals surface area contributed by atoms with Crippen LogP contribution in [0.3, 0.4) is 0 Å². The van der Waals surface area contributed by atoms with Crippen molar-refractivity contribution in [2.75, 3.05) is 5.32 Å². The van der Waals surface area contributed by atoms with Crippen LogP contribution < -0.4 is 5.32 Å². The van der Waals surface area contributed by atoms with Crippen LogP contribution in [0.25, 0.3) is 0 Å². The Balaban J connectivity index is 1.80. The van der Waals surface area contributed by atoms with E-state index >= 15 is 0 Å². The van der Waals surface area contributed by atoms with E-state index in [2.05, 4.69) is 32.7 Å². The summed E-state index contributed by atoms with van der Waals surface area (Å²) in [6.07, 6.45) is 2.18. The standard InChI is InChI=1S/C15H13BrN2OS/c16-9-7-13(20-8-9)14-17-12-4-2-1-3-11(12)15(19)18(14)10-5-6-10/h1-4,7-8,10,14,17H,5-6H2/t14-/m1/s1. The van der Waals surface area contributed by atoms with E-state index in [1.165, 1.54) is 4.88 Å². The van der Waals surface area contributed by atoms with Gasteiger partial charge >= 0.3 is 0 Å². The lowest BCUT2D eigenvalue weighted by Gasteiger charge is -2.37. The number of rotatable bonds is 2. The molecular formula is C15H13BrN2OS. The van der Waals surface area contributed by atoms with Crippen molar-refractivity contribution in [1.82, 2.24) is 4.90 Å². The number of amides is 1. The number of carbonyl (C=O) groups excluding carboxylic acids is 1. The van der Waals surface area contributed by atoms with Gasteiger partial charge in [-0.3, -0.25) is 4.79 Å². The molecule has 1 aromatic heterocycles. The van der Waals surface area contributed by atoms with Crippen LogP contribution in [-0.2, 0) is 0 Å². The molecule has 5 heteroatoms. The highest BCUT2D eigenvalue weighted by Gasteiger charge is 2.42. The smallest absolute Gasteiger partial charge is 0.258 e. The summed E-state index contributed by atoms with van der Waals surface area (Å²) in [4.78, 5) is 16.0. The SMILES string of the molecule is O=C1c2ccccc2N[C@@H](c2cc(Br)cs2)N1C1CC1. The minimum absolute atomic E-state index is 0.0406. The summed E-state index contributed by atoms with van der Waals surface area (Å²) in [5, 5.41) is 5.59. The zero-order valence-electron chi connectivity index (χ0n) is 10.7. The average molecular weight is 349 g/mol. The molecule has 0 unspecified atom stereocenters. The molecule has 0 saturated heterocycles. The van der Waals surface area contributed by atoms with Crippen molar-refractivity contribution in [3.63, 3.8) is 0 Å². The molecule has 0 bridgehead atoms. The summed E-state index contributed by atoms with van der Waals surface area (Å²) >= 11 is 5.18. The zero-order valence-corrected chi connectivity index (χ0v) is 13.1. The molecule has 1 aliphatic heterocycles. The van der Waals surface area contributed by atoms with Gasteiger partial charge in [0.25, 0.3) is 5.91 Å². The van der Waals surface area contributed by atoms with E-state index in [0.717, 1.165) is 28.6 Å². The molecular weight excluding hydrogens is 336 g/mol. The Morgan fingerprint density at radius 2 is 2.10 bits per heavy atom. The van der Waals surface area contributed by atoms with E-state index in [9.17, 15) is 4.79 Å². The third kappa shape index (κ3) is 1.96. The third-order valence-electron chi connectivity index (χ3n) is 3.76. The van der Waals surface area contributed by atoms with E-state index in [4.69, 9.17) is 0 Å². The fraction of sp³-hybridized carbons (Fsp3) is 0.267. The molecule has 1 aromatic carbocycles. The van der Waals surface area contributed by atoms with E-state index in [1.54, 1.807) is 11.3 Å². The van der Waals surface area contributed by atoms with Gasteiger partial charge in [-0.05, 0) is 47.0 Å². The molecule has 1 saturated carbocycles. The first-order valence-electron chi connectivity index (χ1n) is 6.66. The Kier molecular flexibility index (Phi) is 2.86. The number of carbonyl (C=O) groups is 1. The van der Waals surface area contributed by atoms with Crippen molar-refractivity contribution in [2.24, 2.45) is 0 Å². The normalized spacial score (nSPS) is 21.6. The Morgan fingerprint density at radius 1 is 1.30 bits per heavy atom. The van der Waals surface area contributed by atoms with Gasteiger partial charge in [0, 0.05) is 26.5 Å². The molecule has 1 N–H and O–H groups in total. The van der Waals surface area contributed by atoms with Gasteiger partial charge in [-0.1, -0.05) is 12.1 Å². The van der Waals surface area contributed by atoms with Crippen LogP contribution >= 0.6 is 27.3 Å². The quantitative estimate of drug-likeness (QED) is 0.880. The maximum atomic E-state index is 12.8. The number of hydrogen-bond donors (Lipinski definition) is 1. The van der Waals surface area contributed by atoms with Crippen LogP contribution in [-0.4, -0.2) is 16.8 Å². The summed E-state index contributed by atoms with van der Waals surface area (Å²) < 4.78 is 1.07. The van der Waals surface area contributed by atoms with Crippen molar-refractivity contribution in [1.29, 1.82) is 0 Å². The number of thiophene rings is 1. The molecule has 102 valence electrons. The molecule has 1 aliphatic carbocycles. The predicted octanol–water partition coefficient (Wildman–Crippen LogP) is 4.24. The monoisotopic (exact) mass is 348 g/mol. The minimum Gasteiger partial charge on any atom is -0.360 e. The summed E-state index contributed by atoms with van der Waals surface area (Å²) in [5.74, 6) is 0.149. The Bertz CT molecular complexity index is 680. The molecule has 4 rings (SSSR count). The van der Waals surface area contributed by atoms with Crippen LogP contribution in [0.2, 0.25) is 0 Å². The van der Waals surface area contributed by atoms with Crippen LogP contribution in [0.1, 0.15) is 34.2 Å². The molecule has 20 heavy (non-hydrogen) atoms. The van der Waals surface area contributed by atoms with E-state index in [0.29, 0.717) is 6.04 Å². The highest BCUT2D eigenvalue weighted by Crippen LogP contribution is 2.42. The predicted molar refractivity (Wildman–Crippen MR) is 84.0 cm³/mol. The average Bonchev–Trinajstić information content (AvgIpc) is 3.20. The number of nitrogens with one attached hydrogen (secondary N) is 1. The minimum atomic E-state index is -0.0406. The van der Waals surface area contributed by atoms with Gasteiger partial charge < -0.3 is 10.2 Å². The number of anilines is 1. The third-order valence-corrected chi connectivity index (χ3v) is 5.51. The van der Waals surface area contributed by atoms with Crippen molar-refractivity contribution in [2.45, 2.75) is 25.0 Å². The van der Waals surface area contributed by atoms with E-state index < -0.39 is 0 Å². The first-order valence-corrected chi connectivity index (χ1v) is 8.33. The summed E-state index contributed by atoms with van der Waals surface area (Å²) in [6.45, 7) is 0. The number of nitrogens with zero attached hydrogens (tertiary/aromatic N) is 1. The Morgan fingerprint density at radius 3 is 2.80 bits per heavy atom. The van der Waals surface area contributed by atoms with Gasteiger partial charge in [-0.25, -0.2) is 0 Å². The molecule has 3 nitrogen and oxygen atoms in total. The molecule has 1 fully saturated rings. The number of para-hydroxylation sites is 1. The van der Waals surface area contributed by atoms with Crippen molar-refractivity contribution in [3.05, 3.63) is 50.6 Å². The maximum absolute atomic E-state index is 12.8. The molecule has 2 aliphatic rings. The Hall–Kier alpha value is -1.33. The van der Waals surface area contributed by atoms with Gasteiger partial charge in [0.2, 0.25) is 0 Å². The second-order valence-corrected chi connectivity index (χ2v) is 7.06. The van der Waals surface area contributed by atoms with E-state index in [1.807, 2.05) is 29.2 Å². The second-order valence-electron chi connectivity index (χ2n) is 5.20. The zero-order chi connectivity index (χ0) is 13.7. The molecule has 1 atom stereocenters. The van der Waals surface area contributed by atoms with Gasteiger partial charge in [-0.2, -0.15) is 0 Å². The van der Waals surface area contributed by atoms with Crippen molar-refractivity contribution < 1.29 is 4.79 Å². The van der Waals surface area contributed by atoms with Crippen LogP contribution in [0, 0.1) is 0 Å². The maximum Gasteiger partial charge on any atom is 0.258 e. The van der Waals surface area contributed by atoms with E-state index in [-0.39, 0.29) is 12.1 Å². The second kappa shape index (κ2) is 4.60. The summed E-state index contributed by atoms with van der Waals surface area (Å²) in [7, 11) is 0.